The first kappa shape index (κ1) is 14.8. The van der Waals surface area contributed by atoms with E-state index in [0.29, 0.717) is 11.1 Å². The largest absolute Gasteiger partial charge is 0.397 e. The molecular weight excluding hydrogens is 293 g/mol. The number of nitrogens with zero attached hydrogens (tertiary/aromatic N) is 1. The minimum absolute atomic E-state index is 0.0102. The van der Waals surface area contributed by atoms with Crippen molar-refractivity contribution in [2.75, 3.05) is 10.5 Å². The monoisotopic (exact) mass is 305 g/mol. The molecule has 0 bridgehead atoms. The number of hydrogen-bond donors (Lipinski definition) is 2. The average molecular weight is 305 g/mol. The summed E-state index contributed by atoms with van der Waals surface area (Å²) in [5.74, 6) is -0.760. The first-order valence-electron chi connectivity index (χ1n) is 5.92. The van der Waals surface area contributed by atoms with E-state index >= 15 is 0 Å². The Hall–Kier alpha value is -2.59. The molecule has 2 rings (SSSR count). The summed E-state index contributed by atoms with van der Waals surface area (Å²) >= 11 is 0. The average Bonchev–Trinajstić information content (AvgIpc) is 2.43. The van der Waals surface area contributed by atoms with Gasteiger partial charge in [0.15, 0.2) is 0 Å². The lowest BCUT2D eigenvalue weighted by atomic mass is 10.1. The third-order valence-electron chi connectivity index (χ3n) is 2.91. The molecule has 0 saturated carbocycles. The van der Waals surface area contributed by atoms with E-state index in [1.54, 1.807) is 6.92 Å². The second kappa shape index (κ2) is 5.42. The van der Waals surface area contributed by atoms with Gasteiger partial charge < -0.3 is 5.73 Å². The quantitative estimate of drug-likeness (QED) is 0.851. The highest BCUT2D eigenvalue weighted by Crippen LogP contribution is 2.25. The minimum atomic E-state index is -3.99. The number of nitrogens with one attached hydrogen (secondary N) is 1. The number of hydrogen-bond acceptors (Lipinski definition) is 4. The van der Waals surface area contributed by atoms with Gasteiger partial charge in [0.1, 0.15) is 11.5 Å². The van der Waals surface area contributed by atoms with E-state index in [1.807, 2.05) is 6.07 Å². The first-order valence-corrected chi connectivity index (χ1v) is 7.41. The number of para-hydroxylation sites is 1. The molecule has 7 heteroatoms. The van der Waals surface area contributed by atoms with Crippen LogP contribution in [0.25, 0.3) is 0 Å². The second-order valence-corrected chi connectivity index (χ2v) is 6.08. The second-order valence-electron chi connectivity index (χ2n) is 4.40. The van der Waals surface area contributed by atoms with Crippen molar-refractivity contribution in [1.82, 2.24) is 0 Å². The molecule has 0 heterocycles. The molecule has 0 aliphatic heterocycles. The van der Waals surface area contributed by atoms with Gasteiger partial charge in [-0.1, -0.05) is 6.07 Å². The van der Waals surface area contributed by atoms with Gasteiger partial charge in [0, 0.05) is 0 Å². The smallest absolute Gasteiger partial charge is 0.262 e. The fourth-order valence-electron chi connectivity index (χ4n) is 1.77. The number of anilines is 2. The number of nitriles is 1. The summed E-state index contributed by atoms with van der Waals surface area (Å²) in [6.45, 7) is 1.62. The summed E-state index contributed by atoms with van der Waals surface area (Å²) in [4.78, 5) is -0.0679. The normalized spacial score (nSPS) is 10.9. The first-order chi connectivity index (χ1) is 9.85. The summed E-state index contributed by atoms with van der Waals surface area (Å²) < 4.78 is 40.3. The number of benzene rings is 2. The Morgan fingerprint density at radius 2 is 2.00 bits per heavy atom. The zero-order chi connectivity index (χ0) is 15.6. The maximum Gasteiger partial charge on any atom is 0.262 e. The van der Waals surface area contributed by atoms with Gasteiger partial charge in [0.25, 0.3) is 10.0 Å². The number of nitrogens with two attached hydrogens (primary N) is 1. The lowest BCUT2D eigenvalue weighted by Gasteiger charge is -2.11. The fourth-order valence-corrected chi connectivity index (χ4v) is 2.95. The molecule has 2 aromatic carbocycles. The van der Waals surface area contributed by atoms with Crippen LogP contribution in [0.5, 0.6) is 0 Å². The number of aryl methyl sites for hydroxylation is 1. The van der Waals surface area contributed by atoms with Crippen molar-refractivity contribution < 1.29 is 12.8 Å². The lowest BCUT2D eigenvalue weighted by Crippen LogP contribution is -2.15. The zero-order valence-corrected chi connectivity index (χ0v) is 11.9. The van der Waals surface area contributed by atoms with Crippen LogP contribution in [0.15, 0.2) is 41.3 Å². The third-order valence-corrected chi connectivity index (χ3v) is 4.26. The summed E-state index contributed by atoms with van der Waals surface area (Å²) in [6.07, 6.45) is 0. The highest BCUT2D eigenvalue weighted by Gasteiger charge is 2.18. The van der Waals surface area contributed by atoms with Crippen LogP contribution in [0, 0.1) is 24.1 Å². The summed E-state index contributed by atoms with van der Waals surface area (Å²) in [5.41, 5.74) is 6.16. The van der Waals surface area contributed by atoms with Crippen molar-refractivity contribution in [2.24, 2.45) is 0 Å². The van der Waals surface area contributed by atoms with Crippen LogP contribution in [0.1, 0.15) is 11.1 Å². The molecule has 0 amide bonds. The molecule has 0 fully saturated rings. The highest BCUT2D eigenvalue weighted by atomic mass is 32.2. The molecule has 2 aromatic rings. The van der Waals surface area contributed by atoms with Crippen LogP contribution >= 0.6 is 0 Å². The van der Waals surface area contributed by atoms with Crippen molar-refractivity contribution in [1.29, 1.82) is 5.26 Å². The van der Waals surface area contributed by atoms with Crippen LogP contribution in [-0.4, -0.2) is 8.42 Å². The molecule has 0 saturated heterocycles. The Labute approximate surface area is 121 Å². The predicted molar refractivity (Wildman–Crippen MR) is 77.5 cm³/mol. The van der Waals surface area contributed by atoms with Gasteiger partial charge >= 0.3 is 0 Å². The predicted octanol–water partition coefficient (Wildman–Crippen LogP) is 2.39. The molecule has 0 spiro atoms. The van der Waals surface area contributed by atoms with Crippen LogP contribution in [0.4, 0.5) is 15.8 Å². The van der Waals surface area contributed by atoms with E-state index in [0.717, 1.165) is 6.07 Å². The maximum atomic E-state index is 13.6. The van der Waals surface area contributed by atoms with E-state index in [4.69, 9.17) is 11.0 Å². The molecule has 0 atom stereocenters. The van der Waals surface area contributed by atoms with Crippen molar-refractivity contribution in [3.05, 3.63) is 53.3 Å². The van der Waals surface area contributed by atoms with Crippen LogP contribution < -0.4 is 10.5 Å². The van der Waals surface area contributed by atoms with Crippen LogP contribution in [-0.2, 0) is 10.0 Å². The molecule has 0 aliphatic carbocycles. The van der Waals surface area contributed by atoms with Crippen LogP contribution in [0.3, 0.4) is 0 Å². The Balaban J connectivity index is 2.44. The molecule has 0 aromatic heterocycles. The van der Waals surface area contributed by atoms with Crippen molar-refractivity contribution in [2.45, 2.75) is 11.8 Å². The summed E-state index contributed by atoms with van der Waals surface area (Å²) in [7, 11) is -3.99. The van der Waals surface area contributed by atoms with Gasteiger partial charge in [-0.15, -0.1) is 0 Å². The van der Waals surface area contributed by atoms with Gasteiger partial charge in [-0.25, -0.2) is 12.8 Å². The Kier molecular flexibility index (Phi) is 3.82. The topological polar surface area (TPSA) is 96.0 Å². The van der Waals surface area contributed by atoms with Gasteiger partial charge in [-0.3, -0.25) is 4.72 Å². The van der Waals surface area contributed by atoms with Crippen molar-refractivity contribution >= 4 is 21.4 Å². The summed E-state index contributed by atoms with van der Waals surface area (Å²) in [5, 5.41) is 8.84. The van der Waals surface area contributed by atoms with Crippen LogP contribution in [0.2, 0.25) is 0 Å². The van der Waals surface area contributed by atoms with Gasteiger partial charge in [-0.2, -0.15) is 5.26 Å². The number of sulfonamides is 1. The lowest BCUT2D eigenvalue weighted by molar-refractivity contribution is 0.598. The van der Waals surface area contributed by atoms with E-state index in [9.17, 15) is 12.8 Å². The minimum Gasteiger partial charge on any atom is -0.397 e. The Bertz CT molecular complexity index is 822. The van der Waals surface area contributed by atoms with E-state index < -0.39 is 15.8 Å². The molecule has 0 aliphatic rings. The molecule has 0 unspecified atom stereocenters. The molecular formula is C14H12FN3O2S. The number of halogens is 1. The van der Waals surface area contributed by atoms with Gasteiger partial charge in [0.2, 0.25) is 0 Å². The molecule has 0 radical (unpaired) electrons. The SMILES string of the molecule is Cc1cc(S(=O)(=O)Nc2c(N)cccc2F)ccc1C#N. The van der Waals surface area contributed by atoms with E-state index in [2.05, 4.69) is 4.72 Å². The number of nitrogen functional groups attached to an aromatic ring is 1. The van der Waals surface area contributed by atoms with Crippen molar-refractivity contribution in [3.63, 3.8) is 0 Å². The third kappa shape index (κ3) is 2.95. The Morgan fingerprint density at radius 1 is 1.29 bits per heavy atom. The molecule has 3 N–H and O–H groups in total. The summed E-state index contributed by atoms with van der Waals surface area (Å²) in [6, 6.07) is 9.86. The van der Waals surface area contributed by atoms with Gasteiger partial charge in [-0.05, 0) is 42.8 Å². The Morgan fingerprint density at radius 3 is 2.57 bits per heavy atom. The van der Waals surface area contributed by atoms with Crippen molar-refractivity contribution in [3.8, 4) is 6.07 Å². The number of rotatable bonds is 3. The van der Waals surface area contributed by atoms with E-state index in [1.165, 1.54) is 30.3 Å². The molecule has 21 heavy (non-hydrogen) atoms. The fraction of sp³-hybridized carbons (Fsp3) is 0.0714. The van der Waals surface area contributed by atoms with Gasteiger partial charge in [0.05, 0.1) is 22.2 Å². The standard InChI is InChI=1S/C14H12FN3O2S/c1-9-7-11(6-5-10(9)8-16)21(19,20)18-14-12(15)3-2-4-13(14)17/h2-7,18H,17H2,1H3. The molecule has 108 valence electrons. The zero-order valence-electron chi connectivity index (χ0n) is 11.1. The van der Waals surface area contributed by atoms with E-state index in [-0.39, 0.29) is 16.3 Å². The highest BCUT2D eigenvalue weighted by molar-refractivity contribution is 7.92. The molecule has 5 nitrogen and oxygen atoms in total. The maximum absolute atomic E-state index is 13.6.